The summed E-state index contributed by atoms with van der Waals surface area (Å²) in [6.07, 6.45) is 4.95. The van der Waals surface area contributed by atoms with Gasteiger partial charge in [-0.25, -0.2) is 13.1 Å². The predicted octanol–water partition coefficient (Wildman–Crippen LogP) is 1.75. The van der Waals surface area contributed by atoms with Crippen LogP contribution in [0.1, 0.15) is 24.8 Å². The fourth-order valence-electron chi connectivity index (χ4n) is 2.64. The molecule has 1 fully saturated rings. The van der Waals surface area contributed by atoms with E-state index < -0.39 is 10.0 Å². The van der Waals surface area contributed by atoms with Gasteiger partial charge in [-0.2, -0.15) is 11.8 Å². The predicted molar refractivity (Wildman–Crippen MR) is 84.2 cm³/mol. The molecular formula is C14H21NO4S2. The highest BCUT2D eigenvalue weighted by molar-refractivity contribution is 7.99. The van der Waals surface area contributed by atoms with Crippen molar-refractivity contribution in [3.8, 4) is 5.75 Å². The largest absolute Gasteiger partial charge is 0.495 e. The Kier molecular flexibility index (Phi) is 5.54. The number of aliphatic hydroxyl groups excluding tert-OH is 1. The second kappa shape index (κ2) is 7.00. The lowest BCUT2D eigenvalue weighted by atomic mass is 10.2. The zero-order valence-electron chi connectivity index (χ0n) is 12.2. The standard InChI is InChI=1S/C14H21NO4S2/c1-19-12-8-10(9-16)6-7-14(12)21(17,18)15-11-4-3-5-13(11)20-2/h6-8,11,13,15-16H,3-5,9H2,1-2H3. The van der Waals surface area contributed by atoms with Gasteiger partial charge in [0.25, 0.3) is 0 Å². The number of hydrogen-bond donors (Lipinski definition) is 2. The van der Waals surface area contributed by atoms with Crippen LogP contribution in [0.25, 0.3) is 0 Å². The molecule has 1 saturated carbocycles. The monoisotopic (exact) mass is 331 g/mol. The summed E-state index contributed by atoms with van der Waals surface area (Å²) in [5.74, 6) is 0.257. The van der Waals surface area contributed by atoms with Gasteiger partial charge in [0.15, 0.2) is 0 Å². The Morgan fingerprint density at radius 1 is 1.43 bits per heavy atom. The number of nitrogens with one attached hydrogen (secondary N) is 1. The van der Waals surface area contributed by atoms with Gasteiger partial charge in [-0.3, -0.25) is 0 Å². The average molecular weight is 331 g/mol. The molecule has 1 aromatic rings. The number of methoxy groups -OCH3 is 1. The zero-order valence-corrected chi connectivity index (χ0v) is 13.8. The van der Waals surface area contributed by atoms with Gasteiger partial charge in [-0.1, -0.05) is 12.5 Å². The van der Waals surface area contributed by atoms with Crippen molar-refractivity contribution in [2.75, 3.05) is 13.4 Å². The molecule has 0 bridgehead atoms. The molecular weight excluding hydrogens is 310 g/mol. The molecule has 0 amide bonds. The first-order valence-corrected chi connectivity index (χ1v) is 9.62. The van der Waals surface area contributed by atoms with E-state index in [9.17, 15) is 8.42 Å². The van der Waals surface area contributed by atoms with Gasteiger partial charge in [-0.15, -0.1) is 0 Å². The highest BCUT2D eigenvalue weighted by Gasteiger charge is 2.31. The molecule has 5 nitrogen and oxygen atoms in total. The number of rotatable bonds is 6. The van der Waals surface area contributed by atoms with Crippen molar-refractivity contribution in [2.45, 2.75) is 42.1 Å². The third-order valence-electron chi connectivity index (χ3n) is 3.76. The third-order valence-corrected chi connectivity index (χ3v) is 6.46. The molecule has 118 valence electrons. The maximum atomic E-state index is 12.6. The molecule has 0 saturated heterocycles. The molecule has 0 aromatic heterocycles. The molecule has 0 spiro atoms. The molecule has 2 atom stereocenters. The zero-order chi connectivity index (χ0) is 15.5. The van der Waals surface area contributed by atoms with Crippen LogP contribution in [0.15, 0.2) is 23.1 Å². The first-order chi connectivity index (χ1) is 10.0. The molecule has 0 heterocycles. The first-order valence-electron chi connectivity index (χ1n) is 6.84. The summed E-state index contributed by atoms with van der Waals surface area (Å²) in [4.78, 5) is 0.119. The molecule has 0 radical (unpaired) electrons. The van der Waals surface area contributed by atoms with Crippen molar-refractivity contribution in [3.63, 3.8) is 0 Å². The lowest BCUT2D eigenvalue weighted by Gasteiger charge is -2.20. The highest BCUT2D eigenvalue weighted by Crippen LogP contribution is 2.31. The summed E-state index contributed by atoms with van der Waals surface area (Å²) in [7, 11) is -2.20. The van der Waals surface area contributed by atoms with E-state index in [1.165, 1.54) is 13.2 Å². The maximum Gasteiger partial charge on any atom is 0.244 e. The van der Waals surface area contributed by atoms with Crippen LogP contribution in [0, 0.1) is 0 Å². The lowest BCUT2D eigenvalue weighted by Crippen LogP contribution is -2.38. The number of hydrogen-bond acceptors (Lipinski definition) is 5. The van der Waals surface area contributed by atoms with Crippen molar-refractivity contribution in [2.24, 2.45) is 0 Å². The molecule has 7 heteroatoms. The minimum Gasteiger partial charge on any atom is -0.495 e. The van der Waals surface area contributed by atoms with Gasteiger partial charge >= 0.3 is 0 Å². The van der Waals surface area contributed by atoms with Crippen LogP contribution in [0.5, 0.6) is 5.75 Å². The molecule has 1 aliphatic rings. The highest BCUT2D eigenvalue weighted by atomic mass is 32.2. The van der Waals surface area contributed by atoms with Gasteiger partial charge in [0.05, 0.1) is 13.7 Å². The molecule has 1 aromatic carbocycles. The SMILES string of the molecule is COc1cc(CO)ccc1S(=O)(=O)NC1CCCC1SC. The van der Waals surface area contributed by atoms with E-state index >= 15 is 0 Å². The Balaban J connectivity index is 2.27. The lowest BCUT2D eigenvalue weighted by molar-refractivity contribution is 0.280. The topological polar surface area (TPSA) is 75.6 Å². The van der Waals surface area contributed by atoms with Crippen molar-refractivity contribution in [3.05, 3.63) is 23.8 Å². The van der Waals surface area contributed by atoms with E-state index in [4.69, 9.17) is 9.84 Å². The van der Waals surface area contributed by atoms with Gasteiger partial charge in [0, 0.05) is 11.3 Å². The molecule has 0 aliphatic heterocycles. The summed E-state index contributed by atoms with van der Waals surface area (Å²) in [5, 5.41) is 9.45. The van der Waals surface area contributed by atoms with Crippen LogP contribution in [-0.4, -0.2) is 38.2 Å². The van der Waals surface area contributed by atoms with Crippen molar-refractivity contribution in [1.82, 2.24) is 4.72 Å². The Bertz CT molecular complexity index is 589. The normalized spacial score (nSPS) is 22.4. The Labute approximate surface area is 130 Å². The molecule has 2 N–H and O–H groups in total. The quantitative estimate of drug-likeness (QED) is 0.830. The number of sulfonamides is 1. The molecule has 1 aliphatic carbocycles. The van der Waals surface area contributed by atoms with Gasteiger partial charge in [-0.05, 0) is 36.8 Å². The molecule has 2 rings (SSSR count). The fourth-order valence-corrected chi connectivity index (χ4v) is 5.12. The number of thioether (sulfide) groups is 1. The van der Waals surface area contributed by atoms with E-state index in [0.717, 1.165) is 19.3 Å². The van der Waals surface area contributed by atoms with E-state index in [-0.39, 0.29) is 23.3 Å². The van der Waals surface area contributed by atoms with E-state index in [1.807, 2.05) is 6.26 Å². The number of benzene rings is 1. The second-order valence-electron chi connectivity index (χ2n) is 5.08. The Morgan fingerprint density at radius 3 is 2.81 bits per heavy atom. The van der Waals surface area contributed by atoms with Crippen molar-refractivity contribution >= 4 is 21.8 Å². The molecule has 21 heavy (non-hydrogen) atoms. The minimum absolute atomic E-state index is 0.0350. The smallest absolute Gasteiger partial charge is 0.244 e. The van der Waals surface area contributed by atoms with Crippen LogP contribution in [0.3, 0.4) is 0 Å². The summed E-state index contributed by atoms with van der Waals surface area (Å²) >= 11 is 1.70. The fraction of sp³-hybridized carbons (Fsp3) is 0.571. The Morgan fingerprint density at radius 2 is 2.19 bits per heavy atom. The summed E-state index contributed by atoms with van der Waals surface area (Å²) in [6, 6.07) is 4.59. The molecule has 2 unspecified atom stereocenters. The van der Waals surface area contributed by atoms with Crippen LogP contribution in [-0.2, 0) is 16.6 Å². The summed E-state index contributed by atoms with van der Waals surface area (Å²) in [5.41, 5.74) is 0.619. The maximum absolute atomic E-state index is 12.6. The van der Waals surface area contributed by atoms with Crippen LogP contribution in [0.4, 0.5) is 0 Å². The third kappa shape index (κ3) is 3.71. The van der Waals surface area contributed by atoms with Gasteiger partial charge < -0.3 is 9.84 Å². The average Bonchev–Trinajstić information content (AvgIpc) is 2.92. The van der Waals surface area contributed by atoms with Gasteiger partial charge in [0.2, 0.25) is 10.0 Å². The Hall–Kier alpha value is -0.760. The number of aliphatic hydroxyl groups is 1. The first kappa shape index (κ1) is 16.6. The van der Waals surface area contributed by atoms with E-state index in [1.54, 1.807) is 23.9 Å². The van der Waals surface area contributed by atoms with Crippen LogP contribution in [0.2, 0.25) is 0 Å². The van der Waals surface area contributed by atoms with Crippen LogP contribution < -0.4 is 9.46 Å². The summed E-state index contributed by atoms with van der Waals surface area (Å²) < 4.78 is 33.1. The van der Waals surface area contributed by atoms with E-state index in [2.05, 4.69) is 4.72 Å². The minimum atomic E-state index is -3.62. The van der Waals surface area contributed by atoms with Gasteiger partial charge in [0.1, 0.15) is 10.6 Å². The number of ether oxygens (including phenoxy) is 1. The second-order valence-corrected chi connectivity index (χ2v) is 7.84. The van der Waals surface area contributed by atoms with Crippen molar-refractivity contribution < 1.29 is 18.3 Å². The van der Waals surface area contributed by atoms with Crippen LogP contribution >= 0.6 is 11.8 Å². The van der Waals surface area contributed by atoms with Crippen molar-refractivity contribution in [1.29, 1.82) is 0 Å². The van der Waals surface area contributed by atoms with E-state index in [0.29, 0.717) is 10.8 Å². The summed E-state index contributed by atoms with van der Waals surface area (Å²) in [6.45, 7) is -0.151.